The third-order valence-electron chi connectivity index (χ3n) is 3.50. The normalized spacial score (nSPS) is 12.9. The number of hydrogen-bond acceptors (Lipinski definition) is 4. The monoisotopic (exact) mass is 278 g/mol. The van der Waals surface area contributed by atoms with E-state index in [-0.39, 0.29) is 6.04 Å². The van der Waals surface area contributed by atoms with Gasteiger partial charge in [0, 0.05) is 19.0 Å². The van der Waals surface area contributed by atoms with Gasteiger partial charge in [-0.2, -0.15) is 5.10 Å². The molecule has 0 saturated carbocycles. The van der Waals surface area contributed by atoms with Crippen LogP contribution in [0.1, 0.15) is 43.3 Å². The molecule has 0 aliphatic rings. The van der Waals surface area contributed by atoms with Gasteiger partial charge >= 0.3 is 0 Å². The van der Waals surface area contributed by atoms with Crippen molar-refractivity contribution in [2.24, 2.45) is 7.05 Å². The van der Waals surface area contributed by atoms with Crippen molar-refractivity contribution in [3.63, 3.8) is 0 Å². The smallest absolute Gasteiger partial charge is 0.150 e. The molecule has 2 aromatic heterocycles. The van der Waals surface area contributed by atoms with Crippen molar-refractivity contribution in [1.82, 2.24) is 9.78 Å². The summed E-state index contributed by atoms with van der Waals surface area (Å²) in [6.07, 6.45) is 0. The van der Waals surface area contributed by atoms with Crippen molar-refractivity contribution < 1.29 is 0 Å². The van der Waals surface area contributed by atoms with Crippen molar-refractivity contribution in [2.75, 3.05) is 17.7 Å². The molecule has 0 spiro atoms. The molecule has 0 radical (unpaired) electrons. The summed E-state index contributed by atoms with van der Waals surface area (Å²) in [6, 6.07) is 4.52. The van der Waals surface area contributed by atoms with Crippen LogP contribution in [0.2, 0.25) is 0 Å². The first-order chi connectivity index (χ1) is 8.93. The van der Waals surface area contributed by atoms with Gasteiger partial charge in [0.25, 0.3) is 0 Å². The molecule has 2 heterocycles. The van der Waals surface area contributed by atoms with Gasteiger partial charge in [0.2, 0.25) is 0 Å². The van der Waals surface area contributed by atoms with Crippen LogP contribution in [0, 0.1) is 0 Å². The molecule has 5 heteroatoms. The second-order valence-electron chi connectivity index (χ2n) is 5.20. The summed E-state index contributed by atoms with van der Waals surface area (Å²) in [5.41, 5.74) is 8.05. The van der Waals surface area contributed by atoms with E-state index in [0.29, 0.717) is 5.92 Å². The van der Waals surface area contributed by atoms with Crippen molar-refractivity contribution in [3.05, 3.63) is 28.1 Å². The number of rotatable bonds is 4. The summed E-state index contributed by atoms with van der Waals surface area (Å²) < 4.78 is 1.88. The maximum atomic E-state index is 6.28. The zero-order chi connectivity index (χ0) is 14.2. The maximum Gasteiger partial charge on any atom is 0.150 e. The lowest BCUT2D eigenvalue weighted by Crippen LogP contribution is -2.24. The van der Waals surface area contributed by atoms with Gasteiger partial charge in [-0.25, -0.2) is 0 Å². The third kappa shape index (κ3) is 2.47. The molecular formula is C14H22N4S. The fourth-order valence-electron chi connectivity index (χ4n) is 2.30. The molecule has 1 unspecified atom stereocenters. The predicted octanol–water partition coefficient (Wildman–Crippen LogP) is 3.38. The molecule has 0 aliphatic heterocycles. The van der Waals surface area contributed by atoms with Gasteiger partial charge in [0.05, 0.1) is 17.4 Å². The van der Waals surface area contributed by atoms with Crippen LogP contribution in [0.4, 0.5) is 11.5 Å². The van der Waals surface area contributed by atoms with Crippen LogP contribution in [0.3, 0.4) is 0 Å². The number of anilines is 2. The van der Waals surface area contributed by atoms with E-state index >= 15 is 0 Å². The average molecular weight is 278 g/mol. The van der Waals surface area contributed by atoms with E-state index in [1.807, 2.05) is 11.7 Å². The SMILES string of the molecule is CC(C)c1nn(C)c(N(C)C(C)c2cccs2)c1N. The first-order valence-electron chi connectivity index (χ1n) is 6.52. The minimum absolute atomic E-state index is 0.290. The highest BCUT2D eigenvalue weighted by Crippen LogP contribution is 2.35. The zero-order valence-corrected chi connectivity index (χ0v) is 13.0. The number of aryl methyl sites for hydroxylation is 1. The molecule has 0 aromatic carbocycles. The topological polar surface area (TPSA) is 47.1 Å². The van der Waals surface area contributed by atoms with Gasteiger partial charge in [0.1, 0.15) is 0 Å². The molecule has 0 fully saturated rings. The second-order valence-corrected chi connectivity index (χ2v) is 6.18. The van der Waals surface area contributed by atoms with E-state index in [1.165, 1.54) is 4.88 Å². The van der Waals surface area contributed by atoms with Gasteiger partial charge in [0.15, 0.2) is 5.82 Å². The fourth-order valence-corrected chi connectivity index (χ4v) is 3.13. The standard InChI is InChI=1S/C14H22N4S/c1-9(2)13-12(15)14(18(5)16-13)17(4)10(3)11-7-6-8-19-11/h6-10H,15H2,1-5H3. The molecule has 0 aliphatic carbocycles. The molecule has 19 heavy (non-hydrogen) atoms. The van der Waals surface area contributed by atoms with Crippen LogP contribution in [-0.4, -0.2) is 16.8 Å². The number of aromatic nitrogens is 2. The molecule has 0 amide bonds. The molecular weight excluding hydrogens is 256 g/mol. The summed E-state index contributed by atoms with van der Waals surface area (Å²) in [5.74, 6) is 1.33. The van der Waals surface area contributed by atoms with E-state index < -0.39 is 0 Å². The molecule has 0 saturated heterocycles. The van der Waals surface area contributed by atoms with E-state index in [1.54, 1.807) is 11.3 Å². The summed E-state index contributed by atoms with van der Waals surface area (Å²) in [5, 5.41) is 6.65. The molecule has 0 bridgehead atoms. The summed E-state index contributed by atoms with van der Waals surface area (Å²) in [6.45, 7) is 6.42. The molecule has 1 atom stereocenters. The lowest BCUT2D eigenvalue weighted by Gasteiger charge is -2.26. The van der Waals surface area contributed by atoms with E-state index in [0.717, 1.165) is 17.2 Å². The number of hydrogen-bond donors (Lipinski definition) is 1. The highest BCUT2D eigenvalue weighted by molar-refractivity contribution is 7.10. The van der Waals surface area contributed by atoms with Crippen LogP contribution in [0.25, 0.3) is 0 Å². The Morgan fingerprint density at radius 3 is 2.53 bits per heavy atom. The Hall–Kier alpha value is -1.49. The quantitative estimate of drug-likeness (QED) is 0.932. The van der Waals surface area contributed by atoms with Crippen LogP contribution in [-0.2, 0) is 7.05 Å². The first-order valence-corrected chi connectivity index (χ1v) is 7.40. The molecule has 2 N–H and O–H groups in total. The van der Waals surface area contributed by atoms with E-state index in [9.17, 15) is 0 Å². The maximum absolute atomic E-state index is 6.28. The summed E-state index contributed by atoms with van der Waals surface area (Å²) >= 11 is 1.77. The Bertz CT molecular complexity index is 542. The lowest BCUT2D eigenvalue weighted by molar-refractivity contribution is 0.669. The minimum atomic E-state index is 0.290. The second kappa shape index (κ2) is 5.25. The Kier molecular flexibility index (Phi) is 3.85. The zero-order valence-electron chi connectivity index (χ0n) is 12.2. The van der Waals surface area contributed by atoms with E-state index in [2.05, 4.69) is 55.3 Å². The Balaban J connectivity index is 2.36. The predicted molar refractivity (Wildman–Crippen MR) is 82.8 cm³/mol. The minimum Gasteiger partial charge on any atom is -0.394 e. The van der Waals surface area contributed by atoms with Crippen LogP contribution < -0.4 is 10.6 Å². The largest absolute Gasteiger partial charge is 0.394 e. The van der Waals surface area contributed by atoms with Crippen LogP contribution in [0.15, 0.2) is 17.5 Å². The number of thiophene rings is 1. The molecule has 4 nitrogen and oxygen atoms in total. The highest BCUT2D eigenvalue weighted by atomic mass is 32.1. The third-order valence-corrected chi connectivity index (χ3v) is 4.54. The first kappa shape index (κ1) is 13.9. The Morgan fingerprint density at radius 1 is 1.37 bits per heavy atom. The van der Waals surface area contributed by atoms with E-state index in [4.69, 9.17) is 5.73 Å². The molecule has 2 rings (SSSR count). The Morgan fingerprint density at radius 2 is 2.05 bits per heavy atom. The highest BCUT2D eigenvalue weighted by Gasteiger charge is 2.22. The van der Waals surface area contributed by atoms with Gasteiger partial charge < -0.3 is 10.6 Å². The van der Waals surface area contributed by atoms with Crippen LogP contribution >= 0.6 is 11.3 Å². The van der Waals surface area contributed by atoms with Gasteiger partial charge in [-0.1, -0.05) is 19.9 Å². The van der Waals surface area contributed by atoms with Gasteiger partial charge in [-0.05, 0) is 24.3 Å². The van der Waals surface area contributed by atoms with Gasteiger partial charge in [-0.15, -0.1) is 11.3 Å². The average Bonchev–Trinajstić information content (AvgIpc) is 2.96. The van der Waals surface area contributed by atoms with Crippen molar-refractivity contribution in [1.29, 1.82) is 0 Å². The van der Waals surface area contributed by atoms with Crippen molar-refractivity contribution >= 4 is 22.8 Å². The summed E-state index contributed by atoms with van der Waals surface area (Å²) in [7, 11) is 4.02. The van der Waals surface area contributed by atoms with Crippen LogP contribution in [0.5, 0.6) is 0 Å². The fraction of sp³-hybridized carbons (Fsp3) is 0.500. The van der Waals surface area contributed by atoms with Crippen molar-refractivity contribution in [3.8, 4) is 0 Å². The number of nitrogen functional groups attached to an aromatic ring is 1. The van der Waals surface area contributed by atoms with Gasteiger partial charge in [-0.3, -0.25) is 4.68 Å². The summed E-state index contributed by atoms with van der Waals surface area (Å²) in [4.78, 5) is 3.52. The van der Waals surface area contributed by atoms with Crippen molar-refractivity contribution in [2.45, 2.75) is 32.7 Å². The lowest BCUT2D eigenvalue weighted by atomic mass is 10.1. The number of nitrogens with zero attached hydrogens (tertiary/aromatic N) is 3. The molecule has 104 valence electrons. The molecule has 2 aromatic rings. The number of nitrogens with two attached hydrogens (primary N) is 1. The Labute approximate surface area is 118 Å².